The summed E-state index contributed by atoms with van der Waals surface area (Å²) in [6.45, 7) is 9.10. The van der Waals surface area contributed by atoms with Crippen molar-refractivity contribution in [2.75, 3.05) is 33.5 Å². The van der Waals surface area contributed by atoms with E-state index < -0.39 is 0 Å². The van der Waals surface area contributed by atoms with Crippen LogP contribution in [0.5, 0.6) is 0 Å². The van der Waals surface area contributed by atoms with Gasteiger partial charge in [0.25, 0.3) is 0 Å². The Hall–Kier alpha value is -0.980. The van der Waals surface area contributed by atoms with Crippen molar-refractivity contribution in [1.82, 2.24) is 15.5 Å². The first-order chi connectivity index (χ1) is 9.72. The number of likely N-dealkylation sites (N-methyl/N-ethyl adjacent to an activating group) is 1. The monoisotopic (exact) mass is 285 g/mol. The van der Waals surface area contributed by atoms with E-state index in [2.05, 4.69) is 36.2 Å². The van der Waals surface area contributed by atoms with Crippen LogP contribution in [0.2, 0.25) is 0 Å². The minimum atomic E-state index is 0.218. The highest BCUT2D eigenvalue weighted by Gasteiger charge is 2.22. The van der Waals surface area contributed by atoms with E-state index in [0.717, 1.165) is 13.0 Å². The Labute approximate surface area is 121 Å². The zero-order valence-electron chi connectivity index (χ0n) is 13.0. The Kier molecular flexibility index (Phi) is 8.41. The molecule has 0 aliphatic carbocycles. The van der Waals surface area contributed by atoms with Crippen molar-refractivity contribution in [3.05, 3.63) is 11.7 Å². The van der Waals surface area contributed by atoms with E-state index in [0.29, 0.717) is 44.0 Å². The van der Waals surface area contributed by atoms with Gasteiger partial charge in [-0.05, 0) is 13.0 Å². The van der Waals surface area contributed by atoms with Gasteiger partial charge in [0.1, 0.15) is 0 Å². The van der Waals surface area contributed by atoms with Crippen molar-refractivity contribution >= 4 is 0 Å². The molecule has 0 bridgehead atoms. The van der Waals surface area contributed by atoms with E-state index in [1.807, 2.05) is 0 Å². The summed E-state index contributed by atoms with van der Waals surface area (Å²) in [4.78, 5) is 4.45. The van der Waals surface area contributed by atoms with E-state index >= 15 is 0 Å². The minimum absolute atomic E-state index is 0.218. The number of hydrogen-bond donors (Lipinski definition) is 1. The lowest BCUT2D eigenvalue weighted by Crippen LogP contribution is -2.33. The van der Waals surface area contributed by atoms with Crippen LogP contribution in [0.4, 0.5) is 0 Å². The van der Waals surface area contributed by atoms with Crippen molar-refractivity contribution in [3.63, 3.8) is 0 Å². The molecule has 0 spiro atoms. The molecule has 1 heterocycles. The molecule has 2 unspecified atom stereocenters. The maximum Gasteiger partial charge on any atom is 0.231 e. The van der Waals surface area contributed by atoms with Crippen LogP contribution in [-0.4, -0.2) is 49.7 Å². The van der Waals surface area contributed by atoms with Crippen LogP contribution in [0.15, 0.2) is 4.52 Å². The molecule has 1 N–H and O–H groups in total. The molecule has 1 aromatic heterocycles. The molecule has 0 aromatic carbocycles. The molecule has 0 radical (unpaired) electrons. The molecule has 1 rings (SSSR count). The van der Waals surface area contributed by atoms with Crippen molar-refractivity contribution in [2.45, 2.75) is 45.6 Å². The molecule has 6 heteroatoms. The van der Waals surface area contributed by atoms with Crippen LogP contribution >= 0.6 is 0 Å². The maximum absolute atomic E-state index is 5.40. The summed E-state index contributed by atoms with van der Waals surface area (Å²) in [5.41, 5.74) is 0. The number of ether oxygens (including phenoxy) is 2. The molecule has 1 aromatic rings. The SMILES string of the molecule is CCNC(CC)C(C)c1nc(CCOCCOC)no1. The number of nitrogens with one attached hydrogen (secondary N) is 1. The minimum Gasteiger partial charge on any atom is -0.382 e. The molecule has 0 fully saturated rings. The summed E-state index contributed by atoms with van der Waals surface area (Å²) in [7, 11) is 1.66. The van der Waals surface area contributed by atoms with Gasteiger partial charge < -0.3 is 19.3 Å². The molecule has 6 nitrogen and oxygen atoms in total. The van der Waals surface area contributed by atoms with Gasteiger partial charge in [-0.1, -0.05) is 25.9 Å². The van der Waals surface area contributed by atoms with Gasteiger partial charge in [0, 0.05) is 19.6 Å². The smallest absolute Gasteiger partial charge is 0.231 e. The Morgan fingerprint density at radius 1 is 1.25 bits per heavy atom. The van der Waals surface area contributed by atoms with Crippen LogP contribution < -0.4 is 5.32 Å². The highest BCUT2D eigenvalue weighted by Crippen LogP contribution is 2.19. The number of hydrogen-bond acceptors (Lipinski definition) is 6. The summed E-state index contributed by atoms with van der Waals surface area (Å²) in [6.07, 6.45) is 1.70. The molecule has 2 atom stereocenters. The average Bonchev–Trinajstić information content (AvgIpc) is 2.92. The maximum atomic E-state index is 5.40. The van der Waals surface area contributed by atoms with Gasteiger partial charge in [0.15, 0.2) is 5.82 Å². The standard InChI is InChI=1S/C14H27N3O3/c1-5-12(15-6-2)11(3)14-16-13(17-20-14)7-8-19-10-9-18-4/h11-12,15H,5-10H2,1-4H3. The summed E-state index contributed by atoms with van der Waals surface area (Å²) >= 11 is 0. The van der Waals surface area contributed by atoms with Crippen molar-refractivity contribution in [2.24, 2.45) is 0 Å². The van der Waals surface area contributed by atoms with E-state index in [1.54, 1.807) is 7.11 Å². The molecule has 116 valence electrons. The van der Waals surface area contributed by atoms with Gasteiger partial charge in [-0.2, -0.15) is 4.98 Å². The fourth-order valence-electron chi connectivity index (χ4n) is 2.07. The summed E-state index contributed by atoms with van der Waals surface area (Å²) in [5, 5.41) is 7.45. The summed E-state index contributed by atoms with van der Waals surface area (Å²) in [6, 6.07) is 0.367. The van der Waals surface area contributed by atoms with E-state index in [4.69, 9.17) is 14.0 Å². The van der Waals surface area contributed by atoms with Crippen molar-refractivity contribution in [1.29, 1.82) is 0 Å². The fourth-order valence-corrected chi connectivity index (χ4v) is 2.07. The second kappa shape index (κ2) is 9.85. The number of rotatable bonds is 11. The molecule has 20 heavy (non-hydrogen) atoms. The molecule has 0 saturated carbocycles. The normalized spacial score (nSPS) is 14.4. The van der Waals surface area contributed by atoms with Crippen molar-refractivity contribution < 1.29 is 14.0 Å². The highest BCUT2D eigenvalue weighted by atomic mass is 16.5. The summed E-state index contributed by atoms with van der Waals surface area (Å²) < 4.78 is 15.7. The third kappa shape index (κ3) is 5.56. The van der Waals surface area contributed by atoms with Crippen LogP contribution in [0.1, 0.15) is 44.8 Å². The van der Waals surface area contributed by atoms with Gasteiger partial charge in [-0.25, -0.2) is 0 Å². The fraction of sp³-hybridized carbons (Fsp3) is 0.857. The lowest BCUT2D eigenvalue weighted by Gasteiger charge is -2.20. The third-order valence-electron chi connectivity index (χ3n) is 3.28. The first-order valence-electron chi connectivity index (χ1n) is 7.35. The van der Waals surface area contributed by atoms with Crippen molar-refractivity contribution in [3.8, 4) is 0 Å². The zero-order valence-corrected chi connectivity index (χ0v) is 13.0. The van der Waals surface area contributed by atoms with Crippen LogP contribution in [0.25, 0.3) is 0 Å². The molecule has 0 aliphatic rings. The second-order valence-electron chi connectivity index (χ2n) is 4.77. The van der Waals surface area contributed by atoms with Gasteiger partial charge in [-0.15, -0.1) is 0 Å². The largest absolute Gasteiger partial charge is 0.382 e. The molecule has 0 amide bonds. The Balaban J connectivity index is 2.41. The molecular weight excluding hydrogens is 258 g/mol. The van der Waals surface area contributed by atoms with Crippen LogP contribution in [0, 0.1) is 0 Å². The molecular formula is C14H27N3O3. The lowest BCUT2D eigenvalue weighted by molar-refractivity contribution is 0.0714. The highest BCUT2D eigenvalue weighted by molar-refractivity contribution is 4.97. The average molecular weight is 285 g/mol. The number of nitrogens with zero attached hydrogens (tertiary/aromatic N) is 2. The Morgan fingerprint density at radius 3 is 2.70 bits per heavy atom. The third-order valence-corrected chi connectivity index (χ3v) is 3.28. The quantitative estimate of drug-likeness (QED) is 0.625. The van der Waals surface area contributed by atoms with Gasteiger partial charge in [0.2, 0.25) is 5.89 Å². The lowest BCUT2D eigenvalue weighted by atomic mass is 9.99. The zero-order chi connectivity index (χ0) is 14.8. The first kappa shape index (κ1) is 17.1. The first-order valence-corrected chi connectivity index (χ1v) is 7.35. The van der Waals surface area contributed by atoms with E-state index in [-0.39, 0.29) is 5.92 Å². The predicted molar refractivity (Wildman–Crippen MR) is 76.9 cm³/mol. The van der Waals surface area contributed by atoms with E-state index in [1.165, 1.54) is 0 Å². The molecule has 0 aliphatic heterocycles. The van der Waals surface area contributed by atoms with E-state index in [9.17, 15) is 0 Å². The topological polar surface area (TPSA) is 69.4 Å². The van der Waals surface area contributed by atoms with Gasteiger partial charge >= 0.3 is 0 Å². The van der Waals surface area contributed by atoms with Gasteiger partial charge in [-0.3, -0.25) is 0 Å². The summed E-state index contributed by atoms with van der Waals surface area (Å²) in [5.74, 6) is 1.62. The van der Waals surface area contributed by atoms with Gasteiger partial charge in [0.05, 0.1) is 25.7 Å². The van der Waals surface area contributed by atoms with Crippen LogP contribution in [-0.2, 0) is 15.9 Å². The van der Waals surface area contributed by atoms with Crippen LogP contribution in [0.3, 0.4) is 0 Å². The number of aromatic nitrogens is 2. The Morgan fingerprint density at radius 2 is 2.05 bits per heavy atom. The Bertz CT molecular complexity index is 357. The predicted octanol–water partition coefficient (Wildman–Crippen LogP) is 1.77. The molecule has 0 saturated heterocycles. The number of methoxy groups -OCH3 is 1. The second-order valence-corrected chi connectivity index (χ2v) is 4.77.